The maximum atomic E-state index is 10.7. The van der Waals surface area contributed by atoms with Gasteiger partial charge < -0.3 is 15.6 Å². The molecule has 12 heavy (non-hydrogen) atoms. The third kappa shape index (κ3) is 4.24. The maximum Gasteiger partial charge on any atom is 0.324 e. The quantitative estimate of drug-likeness (QED) is 0.518. The fraction of sp³-hybridized carbons (Fsp3) is 0.500. The molecule has 66 valence electrons. The highest BCUT2D eigenvalue weighted by Crippen LogP contribution is 1.91. The highest BCUT2D eigenvalue weighted by Gasteiger charge is 2.17. The summed E-state index contributed by atoms with van der Waals surface area (Å²) in [6.45, 7) is -0.411. The van der Waals surface area contributed by atoms with Crippen LogP contribution in [0.15, 0.2) is 0 Å². The normalized spacial score (nSPS) is 11.3. The van der Waals surface area contributed by atoms with E-state index in [-0.39, 0.29) is 0 Å². The van der Waals surface area contributed by atoms with Crippen LogP contribution in [0.2, 0.25) is 0 Å². The lowest BCUT2D eigenvalue weighted by Gasteiger charge is -2.05. The number of carbonyl (C=O) groups is 2. The summed E-state index contributed by atoms with van der Waals surface area (Å²) in [6.07, 6.45) is -0.496. The van der Waals surface area contributed by atoms with Crippen molar-refractivity contribution in [3.8, 4) is 6.07 Å². The van der Waals surface area contributed by atoms with Crippen LogP contribution >= 0.6 is 0 Å². The van der Waals surface area contributed by atoms with Crippen LogP contribution in [0, 0.1) is 11.3 Å². The van der Waals surface area contributed by atoms with Crippen molar-refractivity contribution >= 4 is 11.9 Å². The molecule has 0 fully saturated rings. The van der Waals surface area contributed by atoms with Crippen LogP contribution in [0.3, 0.4) is 0 Å². The van der Waals surface area contributed by atoms with Gasteiger partial charge in [-0.25, -0.2) is 0 Å². The van der Waals surface area contributed by atoms with E-state index < -0.39 is 31.0 Å². The number of aliphatic carboxylic acids is 1. The second kappa shape index (κ2) is 5.09. The third-order valence-corrected chi connectivity index (χ3v) is 0.976. The third-order valence-electron chi connectivity index (χ3n) is 0.976. The lowest BCUT2D eigenvalue weighted by atomic mass is 10.2. The second-order valence-electron chi connectivity index (χ2n) is 1.97. The number of rotatable bonds is 4. The van der Waals surface area contributed by atoms with E-state index in [0.717, 1.165) is 0 Å². The molecular weight excluding hydrogens is 164 g/mol. The average Bonchev–Trinajstić information content (AvgIpc) is 1.98. The lowest BCUT2D eigenvalue weighted by Crippen LogP contribution is -2.34. The zero-order valence-electron chi connectivity index (χ0n) is 6.19. The van der Waals surface area contributed by atoms with Crippen molar-refractivity contribution in [3.63, 3.8) is 0 Å². The first-order valence-electron chi connectivity index (χ1n) is 3.09. The zero-order valence-corrected chi connectivity index (χ0v) is 6.19. The van der Waals surface area contributed by atoms with E-state index in [1.807, 2.05) is 0 Å². The van der Waals surface area contributed by atoms with Gasteiger partial charge in [0, 0.05) is 0 Å². The first-order chi connectivity index (χ1) is 5.57. The minimum Gasteiger partial charge on any atom is -0.481 e. The standard InChI is InChI=1S/C6H8N2O4/c7-1-2-12-6(11)4(8)3-5(9)10/h4H,2-3,8H2,(H,9,10). The van der Waals surface area contributed by atoms with Crippen LogP contribution in [0.25, 0.3) is 0 Å². The van der Waals surface area contributed by atoms with E-state index in [1.165, 1.54) is 0 Å². The molecule has 1 atom stereocenters. The van der Waals surface area contributed by atoms with Crippen LogP contribution in [0.5, 0.6) is 0 Å². The van der Waals surface area contributed by atoms with Gasteiger partial charge in [0.2, 0.25) is 0 Å². The summed E-state index contributed by atoms with van der Waals surface area (Å²) >= 11 is 0. The Labute approximate surface area is 68.5 Å². The highest BCUT2D eigenvalue weighted by atomic mass is 16.5. The summed E-state index contributed by atoms with van der Waals surface area (Å²) in [5.41, 5.74) is 5.09. The molecule has 1 unspecified atom stereocenters. The summed E-state index contributed by atoms with van der Waals surface area (Å²) in [7, 11) is 0. The fourth-order valence-corrected chi connectivity index (χ4v) is 0.482. The van der Waals surface area contributed by atoms with Gasteiger partial charge in [0.25, 0.3) is 0 Å². The van der Waals surface area contributed by atoms with Crippen molar-refractivity contribution < 1.29 is 19.4 Å². The number of nitriles is 1. The van der Waals surface area contributed by atoms with Crippen molar-refractivity contribution in [1.82, 2.24) is 0 Å². The predicted octanol–water partition coefficient (Wildman–Crippen LogP) is -1.14. The van der Waals surface area contributed by atoms with Crippen molar-refractivity contribution in [3.05, 3.63) is 0 Å². The number of esters is 1. The molecule has 0 heterocycles. The van der Waals surface area contributed by atoms with E-state index in [0.29, 0.717) is 0 Å². The smallest absolute Gasteiger partial charge is 0.324 e. The van der Waals surface area contributed by atoms with Crippen molar-refractivity contribution in [2.45, 2.75) is 12.5 Å². The Kier molecular flexibility index (Phi) is 4.41. The molecular formula is C6H8N2O4. The molecule has 0 aromatic carbocycles. The molecule has 0 spiro atoms. The number of carbonyl (C=O) groups excluding carboxylic acids is 1. The second-order valence-corrected chi connectivity index (χ2v) is 1.97. The SMILES string of the molecule is N#CCOC(=O)C(N)CC(=O)O. The summed E-state index contributed by atoms with van der Waals surface area (Å²) in [5.74, 6) is -2.06. The van der Waals surface area contributed by atoms with E-state index in [2.05, 4.69) is 4.74 Å². The molecule has 6 nitrogen and oxygen atoms in total. The predicted molar refractivity (Wildman–Crippen MR) is 36.8 cm³/mol. The first kappa shape index (κ1) is 10.4. The molecule has 6 heteroatoms. The van der Waals surface area contributed by atoms with Gasteiger partial charge in [0.15, 0.2) is 6.61 Å². The lowest BCUT2D eigenvalue weighted by molar-refractivity contribution is -0.148. The van der Waals surface area contributed by atoms with Gasteiger partial charge in [-0.15, -0.1) is 0 Å². The molecule has 0 aliphatic heterocycles. The Bertz CT molecular complexity index is 220. The summed E-state index contributed by atoms with van der Waals surface area (Å²) in [6, 6.07) is 0.362. The van der Waals surface area contributed by atoms with Crippen molar-refractivity contribution in [2.24, 2.45) is 5.73 Å². The molecule has 0 bridgehead atoms. The Morgan fingerprint density at radius 2 is 2.25 bits per heavy atom. The first-order valence-corrected chi connectivity index (χ1v) is 3.09. The Morgan fingerprint density at radius 3 is 2.67 bits per heavy atom. The number of hydrogen-bond acceptors (Lipinski definition) is 5. The summed E-state index contributed by atoms with van der Waals surface area (Å²) in [5, 5.41) is 16.2. The molecule has 0 radical (unpaired) electrons. The minimum atomic E-state index is -1.20. The van der Waals surface area contributed by atoms with Gasteiger partial charge in [-0.3, -0.25) is 9.59 Å². The highest BCUT2D eigenvalue weighted by molar-refractivity contribution is 5.81. The van der Waals surface area contributed by atoms with Gasteiger partial charge in [-0.1, -0.05) is 0 Å². The molecule has 0 aromatic heterocycles. The maximum absolute atomic E-state index is 10.7. The van der Waals surface area contributed by atoms with Gasteiger partial charge >= 0.3 is 11.9 Å². The van der Waals surface area contributed by atoms with Crippen LogP contribution in [0.1, 0.15) is 6.42 Å². The van der Waals surface area contributed by atoms with E-state index in [1.54, 1.807) is 6.07 Å². The number of carboxylic acid groups (broad SMARTS) is 1. The number of nitrogens with two attached hydrogens (primary N) is 1. The van der Waals surface area contributed by atoms with E-state index >= 15 is 0 Å². The van der Waals surface area contributed by atoms with Gasteiger partial charge in [-0.05, 0) is 0 Å². The van der Waals surface area contributed by atoms with Gasteiger partial charge in [0.1, 0.15) is 12.1 Å². The van der Waals surface area contributed by atoms with Crippen molar-refractivity contribution in [2.75, 3.05) is 6.61 Å². The number of nitrogens with zero attached hydrogens (tertiary/aromatic N) is 1. The van der Waals surface area contributed by atoms with Gasteiger partial charge in [0.05, 0.1) is 6.42 Å². The Morgan fingerprint density at radius 1 is 1.67 bits per heavy atom. The van der Waals surface area contributed by atoms with E-state index in [4.69, 9.17) is 16.1 Å². The molecule has 0 saturated heterocycles. The Hall–Kier alpha value is -1.61. The molecule has 0 amide bonds. The van der Waals surface area contributed by atoms with Crippen LogP contribution < -0.4 is 5.73 Å². The number of hydrogen-bond donors (Lipinski definition) is 2. The molecule has 0 aliphatic rings. The van der Waals surface area contributed by atoms with Crippen LogP contribution in [-0.2, 0) is 14.3 Å². The monoisotopic (exact) mass is 172 g/mol. The van der Waals surface area contributed by atoms with Crippen molar-refractivity contribution in [1.29, 1.82) is 5.26 Å². The molecule has 0 saturated carbocycles. The molecule has 0 aromatic rings. The summed E-state index contributed by atoms with van der Waals surface area (Å²) < 4.78 is 4.27. The molecule has 3 N–H and O–H groups in total. The minimum absolute atomic E-state index is 0.411. The zero-order chi connectivity index (χ0) is 9.56. The number of carboxylic acids is 1. The van der Waals surface area contributed by atoms with Crippen LogP contribution in [-0.4, -0.2) is 29.7 Å². The van der Waals surface area contributed by atoms with E-state index in [9.17, 15) is 9.59 Å². The largest absolute Gasteiger partial charge is 0.481 e. The topological polar surface area (TPSA) is 113 Å². The Balaban J connectivity index is 3.78. The van der Waals surface area contributed by atoms with Crippen LogP contribution in [0.4, 0.5) is 0 Å². The fourth-order valence-electron chi connectivity index (χ4n) is 0.482. The number of ether oxygens (including phenoxy) is 1. The molecule has 0 rings (SSSR count). The molecule has 0 aliphatic carbocycles. The van der Waals surface area contributed by atoms with Gasteiger partial charge in [-0.2, -0.15) is 5.26 Å². The summed E-state index contributed by atoms with van der Waals surface area (Å²) in [4.78, 5) is 20.7. The average molecular weight is 172 g/mol.